The van der Waals surface area contributed by atoms with Gasteiger partial charge in [0.05, 0.1) is 26.4 Å². The minimum Gasteiger partial charge on any atom is -0.464 e. The van der Waals surface area contributed by atoms with Crippen LogP contribution in [0.2, 0.25) is 0 Å². The number of hydrogen-bond donors (Lipinski definition) is 0. The Morgan fingerprint density at radius 1 is 0.651 bits per heavy atom. The number of ether oxygens (including phenoxy) is 12. The molecule has 0 amide bonds. The molecule has 0 aliphatic carbocycles. The van der Waals surface area contributed by atoms with Crippen molar-refractivity contribution in [3.05, 3.63) is 144 Å². The summed E-state index contributed by atoms with van der Waals surface area (Å²) < 4.78 is 76.3. The average molecular weight is 871 g/mol. The zero-order valence-corrected chi connectivity index (χ0v) is 35.6. The quantitative estimate of drug-likeness (QED) is 0.0853. The van der Waals surface area contributed by atoms with E-state index in [4.69, 9.17) is 56.8 Å². The molecule has 0 bridgehead atoms. The Hall–Kier alpha value is -5.07. The van der Waals surface area contributed by atoms with E-state index < -0.39 is 91.7 Å². The van der Waals surface area contributed by atoms with Crippen LogP contribution in [-0.2, 0) is 84.4 Å². The van der Waals surface area contributed by atoms with E-state index in [-0.39, 0.29) is 33.0 Å². The lowest BCUT2D eigenvalue weighted by atomic mass is 9.95. The maximum absolute atomic E-state index is 13.9. The van der Waals surface area contributed by atoms with Gasteiger partial charge in [-0.05, 0) is 23.6 Å². The average Bonchev–Trinajstić information content (AvgIpc) is 3.30. The maximum atomic E-state index is 13.9. The van der Waals surface area contributed by atoms with E-state index in [2.05, 4.69) is 0 Å². The molecule has 63 heavy (non-hydrogen) atoms. The molecule has 336 valence electrons. The van der Waals surface area contributed by atoms with Gasteiger partial charge in [0.1, 0.15) is 49.3 Å². The van der Waals surface area contributed by atoms with E-state index in [0.717, 1.165) is 16.7 Å². The Balaban J connectivity index is 1.32. The summed E-state index contributed by atoms with van der Waals surface area (Å²) in [6.45, 7) is 4.21. The molecular formula is C48H54O15. The number of methoxy groups -OCH3 is 1. The van der Waals surface area contributed by atoms with Crippen LogP contribution in [0.15, 0.2) is 121 Å². The summed E-state index contributed by atoms with van der Waals surface area (Å²) in [7, 11) is 1.49. The van der Waals surface area contributed by atoms with Gasteiger partial charge in [0.25, 0.3) is 0 Å². The highest BCUT2D eigenvalue weighted by atomic mass is 16.8. The summed E-state index contributed by atoms with van der Waals surface area (Å²) in [5, 5.41) is 0. The Labute approximate surface area is 366 Å². The van der Waals surface area contributed by atoms with Crippen molar-refractivity contribution < 1.29 is 71.2 Å². The first-order chi connectivity index (χ1) is 30.7. The van der Waals surface area contributed by atoms with Crippen LogP contribution in [-0.4, -0.2) is 106 Å². The highest BCUT2D eigenvalue weighted by Crippen LogP contribution is 2.40. The summed E-state index contributed by atoms with van der Waals surface area (Å²) in [6.07, 6.45) is -13.2. The molecule has 0 saturated carbocycles. The molecule has 3 fully saturated rings. The molecule has 15 heteroatoms. The fourth-order valence-electron chi connectivity index (χ4n) is 7.80. The first-order valence-corrected chi connectivity index (χ1v) is 21.0. The predicted octanol–water partition coefficient (Wildman–Crippen LogP) is 5.94. The van der Waals surface area contributed by atoms with E-state index in [1.807, 2.05) is 91.0 Å². The summed E-state index contributed by atoms with van der Waals surface area (Å²) in [5.41, 5.74) is 2.88. The first-order valence-electron chi connectivity index (χ1n) is 21.0. The van der Waals surface area contributed by atoms with Gasteiger partial charge in [-0.25, -0.2) is 4.79 Å². The Kier molecular flexibility index (Phi) is 16.4. The van der Waals surface area contributed by atoms with Crippen molar-refractivity contribution in [2.75, 3.05) is 26.9 Å². The van der Waals surface area contributed by atoms with Crippen molar-refractivity contribution in [2.24, 2.45) is 0 Å². The van der Waals surface area contributed by atoms with Crippen LogP contribution in [0.1, 0.15) is 55.4 Å². The van der Waals surface area contributed by atoms with Gasteiger partial charge in [0, 0.05) is 26.5 Å². The maximum Gasteiger partial charge on any atom is 0.339 e. The Morgan fingerprint density at radius 2 is 1.25 bits per heavy atom. The summed E-state index contributed by atoms with van der Waals surface area (Å²) in [4.78, 5) is 39.4. The number of hydrogen-bond acceptors (Lipinski definition) is 15. The molecule has 3 heterocycles. The van der Waals surface area contributed by atoms with Gasteiger partial charge < -0.3 is 56.8 Å². The highest BCUT2D eigenvalue weighted by Gasteiger charge is 2.57. The molecule has 0 spiro atoms. The van der Waals surface area contributed by atoms with Gasteiger partial charge in [-0.1, -0.05) is 121 Å². The van der Waals surface area contributed by atoms with Crippen LogP contribution in [0.4, 0.5) is 0 Å². The Morgan fingerprint density at radius 3 is 1.84 bits per heavy atom. The summed E-state index contributed by atoms with van der Waals surface area (Å²) in [5.74, 6) is -1.98. The number of esters is 3. The molecule has 12 atom stereocenters. The standard InChI is InChI=1S/C48H54O15/c1-5-53-45(51)38(34-22-14-8-15-23-34)61-44-41(58-31(3)50)39(55-26-32-18-10-6-11-19-32)36(28-54-30(2)49)60-48(44)63-42-40-37(29-57-46(62-40)35-24-16-9-17-25-35)59-47(52-4)43(42)56-27-33-20-12-7-13-21-33/h6-25,36-44,46-48H,5,26-29H2,1-4H3/t36-,37-,38+,39-,40-,41+,42+,43-,44-,46?,47+,48-/m1/s1. The summed E-state index contributed by atoms with van der Waals surface area (Å²) >= 11 is 0. The molecule has 4 aromatic carbocycles. The lowest BCUT2D eigenvalue weighted by molar-refractivity contribution is -0.398. The van der Waals surface area contributed by atoms with Crippen molar-refractivity contribution in [2.45, 2.75) is 108 Å². The second kappa shape index (κ2) is 22.5. The van der Waals surface area contributed by atoms with Gasteiger partial charge in [-0.3, -0.25) is 9.59 Å². The van der Waals surface area contributed by atoms with E-state index in [1.165, 1.54) is 21.0 Å². The molecule has 15 nitrogen and oxygen atoms in total. The van der Waals surface area contributed by atoms with Gasteiger partial charge in [0.15, 0.2) is 31.1 Å². The fraction of sp³-hybridized carbons (Fsp3) is 0.438. The monoisotopic (exact) mass is 870 g/mol. The third-order valence-corrected chi connectivity index (χ3v) is 10.7. The lowest BCUT2D eigenvalue weighted by Crippen LogP contribution is -2.67. The van der Waals surface area contributed by atoms with Crippen LogP contribution in [0, 0.1) is 0 Å². The smallest absolute Gasteiger partial charge is 0.339 e. The second-order valence-electron chi connectivity index (χ2n) is 15.1. The van der Waals surface area contributed by atoms with E-state index in [9.17, 15) is 14.4 Å². The molecule has 4 aromatic rings. The zero-order chi connectivity index (χ0) is 44.1. The fourth-order valence-corrected chi connectivity index (χ4v) is 7.80. The first kappa shape index (κ1) is 45.9. The number of carbonyl (C=O) groups is 3. The van der Waals surface area contributed by atoms with Gasteiger partial charge in [-0.15, -0.1) is 0 Å². The minimum atomic E-state index is -1.49. The SMILES string of the molecule is CCOC(=O)[C@@H](O[C@H]1[C@@H](O[C@@H]2[C@@H](OCc3ccccc3)[C@@H](OC)O[C@@H]3COC(c4ccccc4)O[C@@H]23)O[C@H](COC(C)=O)[C@@H](OCc2ccccc2)[C@@H]1OC(C)=O)c1ccccc1. The molecule has 1 unspecified atom stereocenters. The lowest BCUT2D eigenvalue weighted by Gasteiger charge is -2.51. The van der Waals surface area contributed by atoms with Crippen LogP contribution in [0.25, 0.3) is 0 Å². The molecule has 0 aromatic heterocycles. The van der Waals surface area contributed by atoms with Crippen molar-refractivity contribution in [1.29, 1.82) is 0 Å². The van der Waals surface area contributed by atoms with Crippen molar-refractivity contribution in [3.63, 3.8) is 0 Å². The zero-order valence-electron chi connectivity index (χ0n) is 35.6. The van der Waals surface area contributed by atoms with Crippen LogP contribution in [0.5, 0.6) is 0 Å². The number of rotatable bonds is 18. The topological polar surface area (TPSA) is 162 Å². The van der Waals surface area contributed by atoms with Gasteiger partial charge >= 0.3 is 17.9 Å². The second-order valence-corrected chi connectivity index (χ2v) is 15.1. The van der Waals surface area contributed by atoms with E-state index in [0.29, 0.717) is 5.56 Å². The normalized spacial score (nSPS) is 28.5. The largest absolute Gasteiger partial charge is 0.464 e. The summed E-state index contributed by atoms with van der Waals surface area (Å²) in [6, 6.07) is 37.1. The molecule has 0 radical (unpaired) electrons. The van der Waals surface area contributed by atoms with Crippen molar-refractivity contribution >= 4 is 17.9 Å². The third kappa shape index (κ3) is 11.9. The molecule has 0 N–H and O–H groups in total. The molecular weight excluding hydrogens is 817 g/mol. The van der Waals surface area contributed by atoms with Gasteiger partial charge in [-0.2, -0.15) is 0 Å². The van der Waals surface area contributed by atoms with E-state index >= 15 is 0 Å². The number of fused-ring (bicyclic) bond motifs is 1. The van der Waals surface area contributed by atoms with Crippen LogP contribution < -0.4 is 0 Å². The number of benzene rings is 4. The molecule has 3 aliphatic rings. The van der Waals surface area contributed by atoms with Gasteiger partial charge in [0.2, 0.25) is 0 Å². The molecule has 3 saturated heterocycles. The van der Waals surface area contributed by atoms with Crippen molar-refractivity contribution in [1.82, 2.24) is 0 Å². The Bertz CT molecular complexity index is 2020. The third-order valence-electron chi connectivity index (χ3n) is 10.7. The van der Waals surface area contributed by atoms with E-state index in [1.54, 1.807) is 37.3 Å². The minimum absolute atomic E-state index is 0.0464. The predicted molar refractivity (Wildman–Crippen MR) is 222 cm³/mol. The molecule has 3 aliphatic heterocycles. The molecule has 7 rings (SSSR count). The van der Waals surface area contributed by atoms with Crippen molar-refractivity contribution in [3.8, 4) is 0 Å². The van der Waals surface area contributed by atoms with Crippen LogP contribution in [0.3, 0.4) is 0 Å². The van der Waals surface area contributed by atoms with Crippen LogP contribution >= 0.6 is 0 Å². The number of carbonyl (C=O) groups excluding carboxylic acids is 3. The highest BCUT2D eigenvalue weighted by molar-refractivity contribution is 5.76.